The lowest BCUT2D eigenvalue weighted by molar-refractivity contribution is 0.0981. The molecule has 0 aliphatic heterocycles. The molecule has 0 saturated heterocycles. The number of benzene rings is 1. The molecule has 0 unspecified atom stereocenters. The number of anilines is 1. The van der Waals surface area contributed by atoms with E-state index in [0.717, 1.165) is 28.9 Å². The summed E-state index contributed by atoms with van der Waals surface area (Å²) in [4.78, 5) is 16.6. The average Bonchev–Trinajstić information content (AvgIpc) is 3.44. The van der Waals surface area contributed by atoms with Crippen molar-refractivity contribution in [2.45, 2.75) is 33.9 Å². The highest BCUT2D eigenvalue weighted by atomic mass is 16.5. The third-order valence-corrected chi connectivity index (χ3v) is 4.53. The van der Waals surface area contributed by atoms with Crippen molar-refractivity contribution < 1.29 is 9.32 Å². The molecule has 0 radical (unpaired) electrons. The number of rotatable bonds is 6. The maximum Gasteiger partial charge on any atom is 0.316 e. The minimum Gasteiger partial charge on any atom is -0.328 e. The molecule has 0 bridgehead atoms. The fourth-order valence-electron chi connectivity index (χ4n) is 2.89. The van der Waals surface area contributed by atoms with Crippen molar-refractivity contribution in [1.29, 1.82) is 0 Å². The summed E-state index contributed by atoms with van der Waals surface area (Å²) in [5, 5.41) is 15.3. The van der Waals surface area contributed by atoms with E-state index in [1.54, 1.807) is 17.1 Å². The molecule has 29 heavy (non-hydrogen) atoms. The first-order valence-corrected chi connectivity index (χ1v) is 9.29. The van der Waals surface area contributed by atoms with Crippen LogP contribution in [0.4, 0.5) is 5.69 Å². The molecule has 0 spiro atoms. The van der Waals surface area contributed by atoms with Crippen molar-refractivity contribution in [2.75, 3.05) is 5.32 Å². The monoisotopic (exact) mass is 391 g/mol. The molecular formula is C20H21N7O2. The molecule has 0 saturated carbocycles. The summed E-state index contributed by atoms with van der Waals surface area (Å²) < 4.78 is 8.73. The molecule has 9 nitrogen and oxygen atoms in total. The second-order valence-corrected chi connectivity index (χ2v) is 6.77. The van der Waals surface area contributed by atoms with E-state index in [9.17, 15) is 4.79 Å². The fourth-order valence-corrected chi connectivity index (χ4v) is 2.89. The van der Waals surface area contributed by atoms with E-state index in [4.69, 9.17) is 4.52 Å². The van der Waals surface area contributed by atoms with Gasteiger partial charge in [0.25, 0.3) is 0 Å². The first-order chi connectivity index (χ1) is 14.0. The molecule has 148 valence electrons. The SMILES string of the molecule is CCn1cc(Cn2cc(NC(=O)c3nc(-c4ccc(C)cc4)no3)cn2)c(C)n1. The Kier molecular flexibility index (Phi) is 4.94. The van der Waals surface area contributed by atoms with Crippen LogP contribution in [0.2, 0.25) is 0 Å². The molecule has 0 atom stereocenters. The van der Waals surface area contributed by atoms with Gasteiger partial charge in [-0.15, -0.1) is 0 Å². The van der Waals surface area contributed by atoms with Crippen LogP contribution < -0.4 is 5.32 Å². The second-order valence-electron chi connectivity index (χ2n) is 6.77. The number of nitrogens with zero attached hydrogens (tertiary/aromatic N) is 6. The molecule has 3 heterocycles. The van der Waals surface area contributed by atoms with Crippen LogP contribution in [0.1, 0.15) is 34.4 Å². The maximum absolute atomic E-state index is 12.4. The highest BCUT2D eigenvalue weighted by molar-refractivity contribution is 6.00. The van der Waals surface area contributed by atoms with Gasteiger partial charge < -0.3 is 9.84 Å². The summed E-state index contributed by atoms with van der Waals surface area (Å²) in [7, 11) is 0. The minimum atomic E-state index is -0.481. The minimum absolute atomic E-state index is 0.103. The largest absolute Gasteiger partial charge is 0.328 e. The molecule has 0 aliphatic carbocycles. The highest BCUT2D eigenvalue weighted by Crippen LogP contribution is 2.17. The van der Waals surface area contributed by atoms with Crippen molar-refractivity contribution in [3.8, 4) is 11.4 Å². The lowest BCUT2D eigenvalue weighted by Gasteiger charge is -1.99. The van der Waals surface area contributed by atoms with Crippen LogP contribution in [0.25, 0.3) is 11.4 Å². The number of amides is 1. The smallest absolute Gasteiger partial charge is 0.316 e. The molecule has 3 aromatic heterocycles. The first kappa shape index (κ1) is 18.6. The van der Waals surface area contributed by atoms with Gasteiger partial charge >= 0.3 is 11.8 Å². The van der Waals surface area contributed by atoms with E-state index in [2.05, 4.69) is 25.7 Å². The molecule has 4 rings (SSSR count). The van der Waals surface area contributed by atoms with Crippen LogP contribution in [-0.4, -0.2) is 35.6 Å². The van der Waals surface area contributed by atoms with Gasteiger partial charge in [0.1, 0.15) is 0 Å². The van der Waals surface area contributed by atoms with Gasteiger partial charge in [-0.05, 0) is 20.8 Å². The standard InChI is InChI=1S/C20H21N7O2/c1-4-26-10-16(14(3)24-26)11-27-12-17(9-21-27)22-19(28)20-23-18(25-29-20)15-7-5-13(2)6-8-15/h5-10,12H,4,11H2,1-3H3,(H,22,28). The molecule has 4 aromatic rings. The van der Waals surface area contributed by atoms with Crippen LogP contribution >= 0.6 is 0 Å². The Morgan fingerprint density at radius 1 is 1.14 bits per heavy atom. The molecule has 0 fully saturated rings. The first-order valence-electron chi connectivity index (χ1n) is 9.29. The summed E-state index contributed by atoms with van der Waals surface area (Å²) in [6.07, 6.45) is 5.33. The Morgan fingerprint density at radius 2 is 1.93 bits per heavy atom. The van der Waals surface area contributed by atoms with E-state index in [1.165, 1.54) is 0 Å². The Balaban J connectivity index is 1.43. The Morgan fingerprint density at radius 3 is 2.66 bits per heavy atom. The lowest BCUT2D eigenvalue weighted by atomic mass is 10.1. The van der Waals surface area contributed by atoms with Gasteiger partial charge in [0.05, 0.1) is 24.1 Å². The summed E-state index contributed by atoms with van der Waals surface area (Å²) in [5.41, 5.74) is 4.50. The van der Waals surface area contributed by atoms with Gasteiger partial charge in [0, 0.05) is 30.1 Å². The topological polar surface area (TPSA) is 104 Å². The maximum atomic E-state index is 12.4. The van der Waals surface area contributed by atoms with Gasteiger partial charge in [-0.3, -0.25) is 14.2 Å². The van der Waals surface area contributed by atoms with E-state index in [0.29, 0.717) is 18.1 Å². The average molecular weight is 391 g/mol. The summed E-state index contributed by atoms with van der Waals surface area (Å²) in [6, 6.07) is 7.67. The van der Waals surface area contributed by atoms with Crippen molar-refractivity contribution in [3.63, 3.8) is 0 Å². The lowest BCUT2D eigenvalue weighted by Crippen LogP contribution is -2.11. The number of aromatic nitrogens is 6. The zero-order valence-electron chi connectivity index (χ0n) is 16.5. The third-order valence-electron chi connectivity index (χ3n) is 4.53. The molecule has 1 aromatic carbocycles. The normalized spacial score (nSPS) is 11.0. The van der Waals surface area contributed by atoms with Crippen LogP contribution in [0.5, 0.6) is 0 Å². The molecule has 1 N–H and O–H groups in total. The van der Waals surface area contributed by atoms with Crippen LogP contribution in [0.3, 0.4) is 0 Å². The quantitative estimate of drug-likeness (QED) is 0.542. The van der Waals surface area contributed by atoms with Gasteiger partial charge in [-0.1, -0.05) is 35.0 Å². The number of hydrogen-bond acceptors (Lipinski definition) is 6. The van der Waals surface area contributed by atoms with E-state index < -0.39 is 5.91 Å². The van der Waals surface area contributed by atoms with E-state index in [1.807, 2.05) is 55.9 Å². The second kappa shape index (κ2) is 7.70. The van der Waals surface area contributed by atoms with Crippen molar-refractivity contribution >= 4 is 11.6 Å². The van der Waals surface area contributed by atoms with Crippen LogP contribution in [-0.2, 0) is 13.1 Å². The number of nitrogens with one attached hydrogen (secondary N) is 1. The van der Waals surface area contributed by atoms with Crippen LogP contribution in [0.15, 0.2) is 47.4 Å². The highest BCUT2D eigenvalue weighted by Gasteiger charge is 2.17. The molecule has 0 aliphatic rings. The van der Waals surface area contributed by atoms with Crippen LogP contribution in [0, 0.1) is 13.8 Å². The predicted molar refractivity (Wildman–Crippen MR) is 106 cm³/mol. The summed E-state index contributed by atoms with van der Waals surface area (Å²) in [5.74, 6) is -0.215. The summed E-state index contributed by atoms with van der Waals surface area (Å²) >= 11 is 0. The molecule has 1 amide bonds. The van der Waals surface area contributed by atoms with E-state index in [-0.39, 0.29) is 5.89 Å². The zero-order chi connectivity index (χ0) is 20.4. The van der Waals surface area contributed by atoms with Crippen molar-refractivity contribution in [1.82, 2.24) is 29.7 Å². The Bertz CT molecular complexity index is 1140. The number of carbonyl (C=O) groups excluding carboxylic acids is 1. The Labute approximate surface area is 167 Å². The van der Waals surface area contributed by atoms with E-state index >= 15 is 0 Å². The van der Waals surface area contributed by atoms with Gasteiger partial charge in [0.2, 0.25) is 5.82 Å². The molecular weight excluding hydrogens is 370 g/mol. The number of hydrogen-bond donors (Lipinski definition) is 1. The van der Waals surface area contributed by atoms with Crippen molar-refractivity contribution in [2.24, 2.45) is 0 Å². The Hall–Kier alpha value is -3.75. The number of aryl methyl sites for hydroxylation is 3. The van der Waals surface area contributed by atoms with Gasteiger partial charge in [0.15, 0.2) is 0 Å². The molecule has 9 heteroatoms. The van der Waals surface area contributed by atoms with Gasteiger partial charge in [-0.25, -0.2) is 0 Å². The summed E-state index contributed by atoms with van der Waals surface area (Å²) in [6.45, 7) is 7.39. The fraction of sp³-hybridized carbons (Fsp3) is 0.250. The van der Waals surface area contributed by atoms with Gasteiger partial charge in [-0.2, -0.15) is 15.2 Å². The third kappa shape index (κ3) is 4.08. The predicted octanol–water partition coefficient (Wildman–Crippen LogP) is 3.07. The zero-order valence-corrected chi connectivity index (χ0v) is 16.5. The number of carbonyl (C=O) groups is 1. The van der Waals surface area contributed by atoms with Crippen molar-refractivity contribution in [3.05, 3.63) is 65.6 Å².